The molecule has 1 aliphatic rings. The van der Waals surface area contributed by atoms with Crippen LogP contribution in [0, 0.1) is 23.7 Å². The lowest BCUT2D eigenvalue weighted by Gasteiger charge is -2.31. The molecular weight excluding hydrogens is 941 g/mol. The smallest absolute Gasteiger partial charge is 0.326 e. The highest BCUT2D eigenvalue weighted by Crippen LogP contribution is 2.22. The molecule has 24 nitrogen and oxygen atoms in total. The highest BCUT2D eigenvalue weighted by atomic mass is 16.4. The van der Waals surface area contributed by atoms with Crippen LogP contribution in [0.5, 0.6) is 5.75 Å². The van der Waals surface area contributed by atoms with Crippen molar-refractivity contribution in [2.24, 2.45) is 35.1 Å². The van der Waals surface area contributed by atoms with Crippen LogP contribution in [-0.4, -0.2) is 147 Å². The summed E-state index contributed by atoms with van der Waals surface area (Å²) in [7, 11) is 0. The summed E-state index contributed by atoms with van der Waals surface area (Å²) in [5, 5.41) is 47.1. The molecule has 1 heterocycles. The van der Waals surface area contributed by atoms with E-state index in [1.54, 1.807) is 41.5 Å². The Morgan fingerprint density at radius 2 is 1.10 bits per heavy atom. The number of nitrogens with two attached hydrogens (primary N) is 2. The first-order chi connectivity index (χ1) is 33.6. The molecule has 1 aromatic carbocycles. The number of rotatable bonds is 30. The van der Waals surface area contributed by atoms with E-state index in [1.807, 2.05) is 13.8 Å². The number of aliphatic carboxylic acids is 2. The predicted octanol–water partition coefficient (Wildman–Crippen LogP) is -1.10. The first-order valence-corrected chi connectivity index (χ1v) is 24.3. The number of nitrogens with one attached hydrogen (secondary N) is 7. The Labute approximate surface area is 419 Å². The Hall–Kier alpha value is -6.85. The van der Waals surface area contributed by atoms with Gasteiger partial charge in [0.2, 0.25) is 53.2 Å². The number of likely N-dealkylation sites (tertiary alicyclic amines) is 1. The maximum absolute atomic E-state index is 14.3. The predicted molar refractivity (Wildman–Crippen MR) is 261 cm³/mol. The van der Waals surface area contributed by atoms with E-state index in [2.05, 4.69) is 37.2 Å². The zero-order valence-corrected chi connectivity index (χ0v) is 42.5. The van der Waals surface area contributed by atoms with Crippen LogP contribution in [0.15, 0.2) is 24.3 Å². The third-order valence-corrected chi connectivity index (χ3v) is 11.8. The van der Waals surface area contributed by atoms with Gasteiger partial charge in [0.15, 0.2) is 0 Å². The summed E-state index contributed by atoms with van der Waals surface area (Å²) in [6.07, 6.45) is -1.14. The fraction of sp³-hybridized carbons (Fsp3) is 0.646. The Morgan fingerprint density at radius 3 is 1.61 bits per heavy atom. The van der Waals surface area contributed by atoms with Gasteiger partial charge in [0.25, 0.3) is 0 Å². The molecule has 14 N–H and O–H groups in total. The second kappa shape index (κ2) is 29.5. The van der Waals surface area contributed by atoms with Crippen molar-refractivity contribution in [2.45, 2.75) is 162 Å². The lowest BCUT2D eigenvalue weighted by Crippen LogP contribution is -2.61. The van der Waals surface area contributed by atoms with Crippen molar-refractivity contribution in [3.8, 4) is 5.75 Å². The Morgan fingerprint density at radius 1 is 0.611 bits per heavy atom. The summed E-state index contributed by atoms with van der Waals surface area (Å²) in [5.74, 6) is -11.5. The normalized spacial score (nSPS) is 16.3. The topological polar surface area (TPSA) is 388 Å². The number of carboxylic acids is 2. The van der Waals surface area contributed by atoms with Crippen LogP contribution in [0.2, 0.25) is 0 Å². The molecule has 1 saturated heterocycles. The van der Waals surface area contributed by atoms with Crippen LogP contribution in [0.25, 0.3) is 0 Å². The van der Waals surface area contributed by atoms with Crippen molar-refractivity contribution >= 4 is 65.1 Å². The zero-order chi connectivity index (χ0) is 54.6. The van der Waals surface area contributed by atoms with E-state index in [-0.39, 0.29) is 69.2 Å². The summed E-state index contributed by atoms with van der Waals surface area (Å²) < 4.78 is 0. The number of carbonyl (C=O) groups excluding carboxylic acids is 9. The van der Waals surface area contributed by atoms with Gasteiger partial charge in [0.1, 0.15) is 54.1 Å². The second-order valence-electron chi connectivity index (χ2n) is 19.6. The van der Waals surface area contributed by atoms with E-state index in [1.165, 1.54) is 29.2 Å². The Balaban J connectivity index is 2.47. The van der Waals surface area contributed by atoms with E-state index in [0.29, 0.717) is 12.0 Å². The van der Waals surface area contributed by atoms with E-state index >= 15 is 0 Å². The van der Waals surface area contributed by atoms with Crippen LogP contribution in [-0.2, 0) is 59.2 Å². The highest BCUT2D eigenvalue weighted by Gasteiger charge is 2.40. The quantitative estimate of drug-likeness (QED) is 0.0435. The van der Waals surface area contributed by atoms with Crippen LogP contribution in [0.4, 0.5) is 0 Å². The fourth-order valence-electron chi connectivity index (χ4n) is 7.95. The standard InChI is InChI=1S/C48H76N10O14/c1-24(2)20-32(43(66)52-30(15-17-36(50)60)42(65)57-40(27(7)8)48(71)72)54-44(67)33(22-28-11-13-29(59)14-12-28)55-41(64)31(16-18-38(62)63)53-46(69)39(26(5)6)56-45(68)35-10-9-19-58(35)47(70)34(21-25(3)4)51-37(61)23-49/h11-14,24-27,30-35,39-40,59H,9-10,15-23,49H2,1-8H3,(H2,50,60)(H,51,61)(H,52,66)(H,53,69)(H,54,67)(H,55,64)(H,56,68)(H,57,65)(H,62,63)(H,71,72)/t30-,31-,32-,33-,34-,35-,39-,40-/m0/s1. The molecule has 0 aliphatic carbocycles. The minimum absolute atomic E-state index is 0.00833. The average Bonchev–Trinajstić information content (AvgIpc) is 3.79. The van der Waals surface area contributed by atoms with Crippen LogP contribution >= 0.6 is 0 Å². The molecule has 8 atom stereocenters. The Bertz CT molecular complexity index is 2080. The molecule has 0 bridgehead atoms. The van der Waals surface area contributed by atoms with E-state index in [0.717, 1.165) is 0 Å². The number of aromatic hydroxyl groups is 1. The molecule has 9 amide bonds. The summed E-state index contributed by atoms with van der Waals surface area (Å²) in [5.41, 5.74) is 11.2. The minimum atomic E-state index is -1.62. The van der Waals surface area contributed by atoms with E-state index < -0.39 is 138 Å². The van der Waals surface area contributed by atoms with Gasteiger partial charge >= 0.3 is 11.9 Å². The van der Waals surface area contributed by atoms with Gasteiger partial charge in [-0.05, 0) is 79.9 Å². The summed E-state index contributed by atoms with van der Waals surface area (Å²) in [6, 6.07) is -5.09. The molecular formula is C48H76N10O14. The van der Waals surface area contributed by atoms with Crippen LogP contribution in [0.1, 0.15) is 112 Å². The summed E-state index contributed by atoms with van der Waals surface area (Å²) >= 11 is 0. The molecule has 72 heavy (non-hydrogen) atoms. The van der Waals surface area contributed by atoms with Gasteiger partial charge in [0, 0.05) is 25.8 Å². The van der Waals surface area contributed by atoms with Crippen molar-refractivity contribution in [2.75, 3.05) is 13.1 Å². The number of carboxylic acid groups (broad SMARTS) is 2. The minimum Gasteiger partial charge on any atom is -0.508 e. The highest BCUT2D eigenvalue weighted by molar-refractivity contribution is 5.98. The molecule has 0 unspecified atom stereocenters. The van der Waals surface area contributed by atoms with E-state index in [4.69, 9.17) is 11.5 Å². The Kier molecular flexibility index (Phi) is 25.1. The van der Waals surface area contributed by atoms with Gasteiger partial charge in [-0.25, -0.2) is 4.79 Å². The van der Waals surface area contributed by atoms with Crippen molar-refractivity contribution < 1.29 is 68.1 Å². The summed E-state index contributed by atoms with van der Waals surface area (Å²) in [4.78, 5) is 147. The molecule has 0 radical (unpaired) electrons. The van der Waals surface area contributed by atoms with Crippen molar-refractivity contribution in [3.63, 3.8) is 0 Å². The molecule has 24 heteroatoms. The molecule has 1 aromatic rings. The van der Waals surface area contributed by atoms with Crippen LogP contribution < -0.4 is 48.7 Å². The largest absolute Gasteiger partial charge is 0.508 e. The molecule has 0 aromatic heterocycles. The third kappa shape index (κ3) is 20.5. The first-order valence-electron chi connectivity index (χ1n) is 24.3. The van der Waals surface area contributed by atoms with Gasteiger partial charge in [-0.2, -0.15) is 0 Å². The summed E-state index contributed by atoms with van der Waals surface area (Å²) in [6.45, 7) is 13.4. The molecule has 1 aliphatic heterocycles. The molecule has 1 fully saturated rings. The molecule has 0 saturated carbocycles. The number of phenols is 1. The van der Waals surface area contributed by atoms with Gasteiger partial charge in [-0.3, -0.25) is 47.9 Å². The maximum atomic E-state index is 14.3. The molecule has 2 rings (SSSR count). The van der Waals surface area contributed by atoms with Crippen molar-refractivity contribution in [1.82, 2.24) is 42.1 Å². The average molecular weight is 1020 g/mol. The third-order valence-electron chi connectivity index (χ3n) is 11.8. The lowest BCUT2D eigenvalue weighted by molar-refractivity contribution is -0.143. The monoisotopic (exact) mass is 1020 g/mol. The van der Waals surface area contributed by atoms with Gasteiger partial charge in [-0.15, -0.1) is 0 Å². The molecule has 402 valence electrons. The van der Waals surface area contributed by atoms with Gasteiger partial charge < -0.3 is 68.9 Å². The maximum Gasteiger partial charge on any atom is 0.326 e. The first kappa shape index (κ1) is 61.3. The number of hydrogen-bond acceptors (Lipinski definition) is 13. The second-order valence-corrected chi connectivity index (χ2v) is 19.6. The van der Waals surface area contributed by atoms with Gasteiger partial charge in [0.05, 0.1) is 6.54 Å². The number of hydrogen-bond donors (Lipinski definition) is 12. The van der Waals surface area contributed by atoms with Crippen molar-refractivity contribution in [1.29, 1.82) is 0 Å². The number of nitrogens with zero attached hydrogens (tertiary/aromatic N) is 1. The van der Waals surface area contributed by atoms with E-state index in [9.17, 15) is 68.1 Å². The molecule has 0 spiro atoms. The number of amides is 9. The van der Waals surface area contributed by atoms with Gasteiger partial charge in [-0.1, -0.05) is 67.5 Å². The number of carbonyl (C=O) groups is 11. The number of benzene rings is 1. The SMILES string of the molecule is CC(C)C[C@H](NC(=O)[C@H](Cc1ccc(O)cc1)NC(=O)[C@H](CCC(=O)O)NC(=O)[C@@H](NC(=O)[C@@H]1CCCN1C(=O)[C@H](CC(C)C)NC(=O)CN)C(C)C)C(=O)N[C@@H](CCC(N)=O)C(=O)N[C@H](C(=O)O)C(C)C. The van der Waals surface area contributed by atoms with Crippen molar-refractivity contribution in [3.05, 3.63) is 29.8 Å². The number of primary amides is 1. The lowest BCUT2D eigenvalue weighted by atomic mass is 9.99. The number of phenolic OH excluding ortho intramolecular Hbond substituents is 1. The fourth-order valence-corrected chi connectivity index (χ4v) is 7.95. The van der Waals surface area contributed by atoms with Crippen LogP contribution in [0.3, 0.4) is 0 Å². The zero-order valence-electron chi connectivity index (χ0n) is 42.5.